The number of nitrogens with zero attached hydrogens (tertiary/aromatic N) is 7. The van der Waals surface area contributed by atoms with Gasteiger partial charge in [-0.3, -0.25) is 4.68 Å². The highest BCUT2D eigenvalue weighted by atomic mass is 19.4. The summed E-state index contributed by atoms with van der Waals surface area (Å²) in [6.45, 7) is 5.72. The number of alkyl halides is 3. The van der Waals surface area contributed by atoms with Crippen LogP contribution in [0.25, 0.3) is 5.78 Å². The van der Waals surface area contributed by atoms with E-state index in [4.69, 9.17) is 4.74 Å². The average molecular weight is 381 g/mol. The first-order chi connectivity index (χ1) is 12.8. The third-order valence-electron chi connectivity index (χ3n) is 4.29. The molecule has 0 spiro atoms. The summed E-state index contributed by atoms with van der Waals surface area (Å²) in [6, 6.07) is 1.71. The van der Waals surface area contributed by atoms with Crippen molar-refractivity contribution in [2.24, 2.45) is 0 Å². The van der Waals surface area contributed by atoms with Crippen LogP contribution in [0.2, 0.25) is 0 Å². The molecule has 11 heteroatoms. The Labute approximate surface area is 152 Å². The minimum absolute atomic E-state index is 0.0666. The van der Waals surface area contributed by atoms with Gasteiger partial charge in [0, 0.05) is 31.0 Å². The van der Waals surface area contributed by atoms with Crippen molar-refractivity contribution in [1.82, 2.24) is 29.4 Å². The molecule has 27 heavy (non-hydrogen) atoms. The molecular weight excluding hydrogens is 363 g/mol. The maximum absolute atomic E-state index is 13.0. The first-order valence-corrected chi connectivity index (χ1v) is 8.47. The second-order valence-electron chi connectivity index (χ2n) is 6.58. The maximum atomic E-state index is 13.0. The van der Waals surface area contributed by atoms with E-state index in [-0.39, 0.29) is 11.9 Å². The Morgan fingerprint density at radius 2 is 2.07 bits per heavy atom. The van der Waals surface area contributed by atoms with Gasteiger partial charge in [-0.15, -0.1) is 5.10 Å². The van der Waals surface area contributed by atoms with E-state index >= 15 is 0 Å². The molecular formula is C16H18F3N7O. The summed E-state index contributed by atoms with van der Waals surface area (Å²) >= 11 is 0. The minimum atomic E-state index is -4.62. The van der Waals surface area contributed by atoms with Crippen LogP contribution < -0.4 is 4.90 Å². The Bertz CT molecular complexity index is 965. The number of ether oxygens (including phenoxy) is 1. The lowest BCUT2D eigenvalue weighted by molar-refractivity contribution is -0.144. The molecule has 1 fully saturated rings. The van der Waals surface area contributed by atoms with Crippen LogP contribution in [0, 0.1) is 13.8 Å². The van der Waals surface area contributed by atoms with Gasteiger partial charge in [-0.1, -0.05) is 0 Å². The van der Waals surface area contributed by atoms with E-state index in [1.165, 1.54) is 0 Å². The third-order valence-corrected chi connectivity index (χ3v) is 4.29. The lowest BCUT2D eigenvalue weighted by atomic mass is 10.2. The molecule has 4 heterocycles. The maximum Gasteiger partial charge on any atom is 0.453 e. The van der Waals surface area contributed by atoms with E-state index in [2.05, 4.69) is 20.2 Å². The molecule has 4 rings (SSSR count). The van der Waals surface area contributed by atoms with E-state index < -0.39 is 12.0 Å². The van der Waals surface area contributed by atoms with Crippen LogP contribution in [0.3, 0.4) is 0 Å². The molecule has 1 saturated heterocycles. The molecule has 0 saturated carbocycles. The van der Waals surface area contributed by atoms with Crippen molar-refractivity contribution in [2.45, 2.75) is 32.7 Å². The molecule has 3 aromatic rings. The van der Waals surface area contributed by atoms with Gasteiger partial charge in [-0.05, 0) is 19.4 Å². The molecule has 3 aromatic heterocycles. The normalized spacial score (nSPS) is 18.4. The van der Waals surface area contributed by atoms with E-state index in [9.17, 15) is 13.2 Å². The van der Waals surface area contributed by atoms with E-state index in [0.29, 0.717) is 37.8 Å². The first-order valence-electron chi connectivity index (χ1n) is 8.47. The summed E-state index contributed by atoms with van der Waals surface area (Å²) in [5, 5.41) is 7.89. The molecule has 0 aromatic carbocycles. The van der Waals surface area contributed by atoms with Crippen LogP contribution in [0.4, 0.5) is 19.0 Å². The van der Waals surface area contributed by atoms with Crippen molar-refractivity contribution < 1.29 is 17.9 Å². The number of aromatic nitrogens is 6. The number of aryl methyl sites for hydroxylation is 2. The van der Waals surface area contributed by atoms with Gasteiger partial charge in [0.25, 0.3) is 11.6 Å². The van der Waals surface area contributed by atoms with Crippen LogP contribution in [-0.4, -0.2) is 55.2 Å². The van der Waals surface area contributed by atoms with Crippen LogP contribution in [0.1, 0.15) is 17.1 Å². The SMILES string of the molecule is Cc1cnn(CC2CN(c3cc(C)nc4nc(C(F)(F)F)nn34)CCO2)c1. The average Bonchev–Trinajstić information content (AvgIpc) is 3.20. The van der Waals surface area contributed by atoms with Gasteiger partial charge in [-0.2, -0.15) is 27.8 Å². The zero-order valence-electron chi connectivity index (χ0n) is 14.8. The Balaban J connectivity index is 1.63. The van der Waals surface area contributed by atoms with E-state index in [1.54, 1.807) is 23.9 Å². The monoisotopic (exact) mass is 381 g/mol. The smallest absolute Gasteiger partial charge is 0.373 e. The summed E-state index contributed by atoms with van der Waals surface area (Å²) in [5.74, 6) is -0.743. The molecule has 0 aliphatic carbocycles. The standard InChI is InChI=1S/C16H18F3N7O/c1-10-6-20-25(7-10)9-12-8-24(3-4-27-12)13-5-11(2)21-15-22-14(16(17,18)19)23-26(13)15/h5-7,12H,3-4,8-9H2,1-2H3. The molecule has 8 nitrogen and oxygen atoms in total. The molecule has 0 radical (unpaired) electrons. The largest absolute Gasteiger partial charge is 0.453 e. The Hall–Kier alpha value is -2.69. The van der Waals surface area contributed by atoms with Crippen molar-refractivity contribution in [1.29, 1.82) is 0 Å². The van der Waals surface area contributed by atoms with Gasteiger partial charge in [0.05, 0.1) is 25.5 Å². The highest BCUT2D eigenvalue weighted by Gasteiger charge is 2.37. The zero-order chi connectivity index (χ0) is 19.2. The number of halogens is 3. The fourth-order valence-corrected chi connectivity index (χ4v) is 3.13. The molecule has 0 amide bonds. The van der Waals surface area contributed by atoms with Crippen molar-refractivity contribution in [3.63, 3.8) is 0 Å². The van der Waals surface area contributed by atoms with Crippen LogP contribution in [-0.2, 0) is 17.5 Å². The molecule has 0 bridgehead atoms. The number of anilines is 1. The Morgan fingerprint density at radius 3 is 2.78 bits per heavy atom. The number of hydrogen-bond acceptors (Lipinski definition) is 6. The fourth-order valence-electron chi connectivity index (χ4n) is 3.13. The topological polar surface area (TPSA) is 73.4 Å². The van der Waals surface area contributed by atoms with Crippen molar-refractivity contribution in [2.75, 3.05) is 24.6 Å². The highest BCUT2D eigenvalue weighted by molar-refractivity contribution is 5.48. The Kier molecular flexibility index (Phi) is 4.25. The minimum Gasteiger partial charge on any atom is -0.373 e. The summed E-state index contributed by atoms with van der Waals surface area (Å²) in [4.78, 5) is 9.55. The quantitative estimate of drug-likeness (QED) is 0.690. The number of rotatable bonds is 3. The van der Waals surface area contributed by atoms with Crippen molar-refractivity contribution in [3.8, 4) is 0 Å². The van der Waals surface area contributed by atoms with Crippen LogP contribution in [0.15, 0.2) is 18.5 Å². The fraction of sp³-hybridized carbons (Fsp3) is 0.500. The van der Waals surface area contributed by atoms with Gasteiger partial charge in [0.15, 0.2) is 0 Å². The molecule has 1 aliphatic heterocycles. The van der Waals surface area contributed by atoms with Gasteiger partial charge in [0.1, 0.15) is 5.82 Å². The van der Waals surface area contributed by atoms with Crippen molar-refractivity contribution >= 4 is 11.6 Å². The Morgan fingerprint density at radius 1 is 1.26 bits per heavy atom. The second kappa shape index (κ2) is 6.48. The number of fused-ring (bicyclic) bond motifs is 1. The lowest BCUT2D eigenvalue weighted by Gasteiger charge is -2.34. The summed E-state index contributed by atoms with van der Waals surface area (Å²) in [7, 11) is 0. The van der Waals surface area contributed by atoms with Gasteiger partial charge in [0.2, 0.25) is 0 Å². The molecule has 0 N–H and O–H groups in total. The highest BCUT2D eigenvalue weighted by Crippen LogP contribution is 2.28. The van der Waals surface area contributed by atoms with Crippen LogP contribution in [0.5, 0.6) is 0 Å². The first kappa shape index (κ1) is 17.7. The number of hydrogen-bond donors (Lipinski definition) is 0. The predicted molar refractivity (Wildman–Crippen MR) is 89.4 cm³/mol. The zero-order valence-corrected chi connectivity index (χ0v) is 14.8. The van der Waals surface area contributed by atoms with E-state index in [0.717, 1.165) is 10.1 Å². The van der Waals surface area contributed by atoms with E-state index in [1.807, 2.05) is 18.0 Å². The summed E-state index contributed by atoms with van der Waals surface area (Å²) < 4.78 is 47.7. The molecule has 1 atom stereocenters. The second-order valence-corrected chi connectivity index (χ2v) is 6.58. The van der Waals surface area contributed by atoms with Gasteiger partial charge in [-0.25, -0.2) is 4.98 Å². The summed E-state index contributed by atoms with van der Waals surface area (Å²) in [5.41, 5.74) is 1.63. The predicted octanol–water partition coefficient (Wildman–Crippen LogP) is 1.86. The van der Waals surface area contributed by atoms with Crippen molar-refractivity contribution in [3.05, 3.63) is 35.5 Å². The number of morpholine rings is 1. The lowest BCUT2D eigenvalue weighted by Crippen LogP contribution is -2.45. The third kappa shape index (κ3) is 3.59. The van der Waals surface area contributed by atoms with Crippen LogP contribution >= 0.6 is 0 Å². The van der Waals surface area contributed by atoms with Gasteiger partial charge < -0.3 is 9.64 Å². The summed E-state index contributed by atoms with van der Waals surface area (Å²) in [6.07, 6.45) is -1.08. The molecule has 1 aliphatic rings. The molecule has 144 valence electrons. The molecule has 1 unspecified atom stereocenters. The van der Waals surface area contributed by atoms with Gasteiger partial charge >= 0.3 is 6.18 Å².